The number of aryl methyl sites for hydroxylation is 3. The Labute approximate surface area is 180 Å². The molecular weight excluding hydrogens is 394 g/mol. The van der Waals surface area contributed by atoms with Gasteiger partial charge < -0.3 is 18.5 Å². The van der Waals surface area contributed by atoms with Crippen molar-refractivity contribution in [2.45, 2.75) is 40.7 Å². The molecule has 0 N–H and O–H groups in total. The van der Waals surface area contributed by atoms with Gasteiger partial charge in [0.25, 0.3) is 0 Å². The molecule has 0 aliphatic rings. The third-order valence-electron chi connectivity index (χ3n) is 5.05. The fourth-order valence-electron chi connectivity index (χ4n) is 3.37. The van der Waals surface area contributed by atoms with Crippen molar-refractivity contribution in [1.29, 1.82) is 0 Å². The first-order valence-electron chi connectivity index (χ1n) is 10.3. The summed E-state index contributed by atoms with van der Waals surface area (Å²) < 4.78 is 16.8. The lowest BCUT2D eigenvalue weighted by Gasteiger charge is -2.20. The van der Waals surface area contributed by atoms with E-state index in [0.717, 1.165) is 28.1 Å². The molecule has 0 atom stereocenters. The SMILES string of the molecule is CCN(Cc1ccc2oc(Cc3nc(C)oc3C)nc2c1)C(=O)Oc1ccc(C)cc1. The maximum atomic E-state index is 12.6. The van der Waals surface area contributed by atoms with Gasteiger partial charge in [0, 0.05) is 20.0 Å². The van der Waals surface area contributed by atoms with Gasteiger partial charge in [0.15, 0.2) is 11.5 Å². The standard InChI is InChI=1S/C24H25N3O4/c1-5-27(24(28)30-19-9-6-15(2)7-10-19)14-18-8-11-22-21(12-18)26-23(31-22)13-20-16(3)29-17(4)25-20/h6-12H,5,13-14H2,1-4H3. The number of amides is 1. The van der Waals surface area contributed by atoms with Gasteiger partial charge in [0.1, 0.15) is 17.0 Å². The zero-order valence-electron chi connectivity index (χ0n) is 18.1. The smallest absolute Gasteiger partial charge is 0.415 e. The second-order valence-electron chi connectivity index (χ2n) is 7.52. The van der Waals surface area contributed by atoms with Gasteiger partial charge in [-0.05, 0) is 50.6 Å². The summed E-state index contributed by atoms with van der Waals surface area (Å²) >= 11 is 0. The molecule has 0 saturated heterocycles. The Morgan fingerprint density at radius 2 is 1.81 bits per heavy atom. The average molecular weight is 419 g/mol. The largest absolute Gasteiger partial charge is 0.446 e. The lowest BCUT2D eigenvalue weighted by Crippen LogP contribution is -2.32. The number of benzene rings is 2. The third kappa shape index (κ3) is 4.77. The quantitative estimate of drug-likeness (QED) is 0.419. The molecule has 4 aromatic rings. The molecule has 4 rings (SSSR count). The molecule has 2 aromatic heterocycles. The first-order valence-corrected chi connectivity index (χ1v) is 10.3. The van der Waals surface area contributed by atoms with Crippen LogP contribution in [0.25, 0.3) is 11.1 Å². The summed E-state index contributed by atoms with van der Waals surface area (Å²) in [4.78, 5) is 23.2. The number of rotatable bonds is 6. The monoisotopic (exact) mass is 419 g/mol. The second kappa shape index (κ2) is 8.63. The molecular formula is C24H25N3O4. The maximum Gasteiger partial charge on any atom is 0.415 e. The topological polar surface area (TPSA) is 81.6 Å². The summed E-state index contributed by atoms with van der Waals surface area (Å²) in [5, 5.41) is 0. The van der Waals surface area contributed by atoms with E-state index in [9.17, 15) is 4.79 Å². The van der Waals surface area contributed by atoms with Crippen LogP contribution in [-0.2, 0) is 13.0 Å². The fourth-order valence-corrected chi connectivity index (χ4v) is 3.37. The minimum atomic E-state index is -0.385. The number of aromatic nitrogens is 2. The Bertz CT molecular complexity index is 1210. The molecule has 7 nitrogen and oxygen atoms in total. The molecule has 0 bridgehead atoms. The summed E-state index contributed by atoms with van der Waals surface area (Å²) in [6, 6.07) is 13.2. The molecule has 2 heterocycles. The van der Waals surface area contributed by atoms with Crippen molar-refractivity contribution in [1.82, 2.24) is 14.9 Å². The molecule has 31 heavy (non-hydrogen) atoms. The predicted molar refractivity (Wildman–Crippen MR) is 116 cm³/mol. The first-order chi connectivity index (χ1) is 14.9. The Hall–Kier alpha value is -3.61. The number of nitrogens with zero attached hydrogens (tertiary/aromatic N) is 3. The number of carbonyl (C=O) groups is 1. The van der Waals surface area contributed by atoms with Crippen molar-refractivity contribution in [2.24, 2.45) is 0 Å². The van der Waals surface area contributed by atoms with Crippen molar-refractivity contribution in [3.05, 3.63) is 76.8 Å². The van der Waals surface area contributed by atoms with Gasteiger partial charge in [-0.2, -0.15) is 0 Å². The van der Waals surface area contributed by atoms with E-state index in [2.05, 4.69) is 9.97 Å². The van der Waals surface area contributed by atoms with Gasteiger partial charge >= 0.3 is 6.09 Å². The zero-order valence-corrected chi connectivity index (χ0v) is 18.1. The van der Waals surface area contributed by atoms with E-state index in [1.165, 1.54) is 0 Å². The highest BCUT2D eigenvalue weighted by atomic mass is 16.6. The van der Waals surface area contributed by atoms with Crippen LogP contribution in [0.1, 0.15) is 41.3 Å². The molecule has 2 aromatic carbocycles. The molecule has 0 fully saturated rings. The van der Waals surface area contributed by atoms with Crippen LogP contribution in [0.15, 0.2) is 51.3 Å². The highest BCUT2D eigenvalue weighted by Gasteiger charge is 2.17. The van der Waals surface area contributed by atoms with Crippen LogP contribution in [-0.4, -0.2) is 27.5 Å². The number of hydrogen-bond acceptors (Lipinski definition) is 6. The first kappa shape index (κ1) is 20.7. The van der Waals surface area contributed by atoms with Crippen LogP contribution in [0, 0.1) is 20.8 Å². The summed E-state index contributed by atoms with van der Waals surface area (Å²) in [6.07, 6.45) is 0.0844. The van der Waals surface area contributed by atoms with E-state index < -0.39 is 0 Å². The van der Waals surface area contributed by atoms with Crippen LogP contribution in [0.5, 0.6) is 5.75 Å². The highest BCUT2D eigenvalue weighted by Crippen LogP contribution is 2.22. The zero-order chi connectivity index (χ0) is 22.0. The van der Waals surface area contributed by atoms with Crippen molar-refractivity contribution in [3.8, 4) is 5.75 Å². The Morgan fingerprint density at radius 3 is 2.48 bits per heavy atom. The lowest BCUT2D eigenvalue weighted by atomic mass is 10.2. The van der Waals surface area contributed by atoms with E-state index in [1.54, 1.807) is 17.0 Å². The molecule has 0 radical (unpaired) electrons. The minimum absolute atomic E-state index is 0.385. The summed E-state index contributed by atoms with van der Waals surface area (Å²) in [5.41, 5.74) is 4.32. The molecule has 0 aliphatic heterocycles. The third-order valence-corrected chi connectivity index (χ3v) is 5.05. The Balaban J connectivity index is 1.47. The average Bonchev–Trinajstić information content (AvgIpc) is 3.28. The fraction of sp³-hybridized carbons (Fsp3) is 0.292. The van der Waals surface area contributed by atoms with Crippen LogP contribution >= 0.6 is 0 Å². The number of carbonyl (C=O) groups excluding carboxylic acids is 1. The van der Waals surface area contributed by atoms with E-state index in [4.69, 9.17) is 13.6 Å². The maximum absolute atomic E-state index is 12.6. The van der Waals surface area contributed by atoms with Gasteiger partial charge in [-0.25, -0.2) is 14.8 Å². The van der Waals surface area contributed by atoms with Gasteiger partial charge in [-0.3, -0.25) is 0 Å². The van der Waals surface area contributed by atoms with E-state index in [-0.39, 0.29) is 6.09 Å². The molecule has 160 valence electrons. The Morgan fingerprint density at radius 1 is 1.03 bits per heavy atom. The van der Waals surface area contributed by atoms with Crippen molar-refractivity contribution in [3.63, 3.8) is 0 Å². The van der Waals surface area contributed by atoms with Crippen LogP contribution in [0.2, 0.25) is 0 Å². The van der Waals surface area contributed by atoms with Gasteiger partial charge in [-0.1, -0.05) is 23.8 Å². The van der Waals surface area contributed by atoms with Crippen LogP contribution in [0.3, 0.4) is 0 Å². The lowest BCUT2D eigenvalue weighted by molar-refractivity contribution is 0.152. The van der Waals surface area contributed by atoms with E-state index in [1.807, 2.05) is 58.0 Å². The van der Waals surface area contributed by atoms with Crippen molar-refractivity contribution >= 4 is 17.2 Å². The highest BCUT2D eigenvalue weighted by molar-refractivity contribution is 5.74. The summed E-state index contributed by atoms with van der Waals surface area (Å²) in [5.74, 6) is 2.51. The minimum Gasteiger partial charge on any atom is -0.446 e. The van der Waals surface area contributed by atoms with E-state index >= 15 is 0 Å². The van der Waals surface area contributed by atoms with Gasteiger partial charge in [0.05, 0.1) is 12.1 Å². The van der Waals surface area contributed by atoms with E-state index in [0.29, 0.717) is 42.6 Å². The van der Waals surface area contributed by atoms with Crippen LogP contribution in [0.4, 0.5) is 4.79 Å². The molecule has 0 aliphatic carbocycles. The number of oxazole rings is 2. The number of fused-ring (bicyclic) bond motifs is 1. The molecule has 1 amide bonds. The second-order valence-corrected chi connectivity index (χ2v) is 7.52. The molecule has 0 unspecified atom stereocenters. The van der Waals surface area contributed by atoms with Crippen molar-refractivity contribution in [2.75, 3.05) is 6.54 Å². The van der Waals surface area contributed by atoms with Gasteiger partial charge in [-0.15, -0.1) is 0 Å². The molecule has 7 heteroatoms. The number of ether oxygens (including phenoxy) is 1. The summed E-state index contributed by atoms with van der Waals surface area (Å²) in [7, 11) is 0. The molecule has 0 saturated carbocycles. The van der Waals surface area contributed by atoms with Crippen LogP contribution < -0.4 is 4.74 Å². The van der Waals surface area contributed by atoms with Crippen molar-refractivity contribution < 1.29 is 18.4 Å². The summed E-state index contributed by atoms with van der Waals surface area (Å²) in [6.45, 7) is 8.55. The number of hydrogen-bond donors (Lipinski definition) is 0. The normalized spacial score (nSPS) is 11.1. The molecule has 0 spiro atoms. The predicted octanol–water partition coefficient (Wildman–Crippen LogP) is 5.35. The van der Waals surface area contributed by atoms with Gasteiger partial charge in [0.2, 0.25) is 5.89 Å². The Kier molecular flexibility index (Phi) is 5.75.